The molecule has 1 aliphatic rings. The van der Waals surface area contributed by atoms with Crippen LogP contribution in [0.25, 0.3) is 0 Å². The van der Waals surface area contributed by atoms with Gasteiger partial charge in [-0.25, -0.2) is 0 Å². The zero-order chi connectivity index (χ0) is 19.4. The van der Waals surface area contributed by atoms with E-state index in [1.54, 1.807) is 4.68 Å². The maximum absolute atomic E-state index is 12.6. The number of carbonyl (C=O) groups excluding carboxylic acids is 1. The number of hydrogen-bond donors (Lipinski definition) is 1. The van der Waals surface area contributed by atoms with Crippen LogP contribution >= 0.6 is 11.6 Å². The maximum atomic E-state index is 12.6. The fraction of sp³-hybridized carbons (Fsp3) is 0.474. The van der Waals surface area contributed by atoms with E-state index >= 15 is 0 Å². The highest BCUT2D eigenvalue weighted by Gasteiger charge is 2.20. The van der Waals surface area contributed by atoms with Gasteiger partial charge in [0.1, 0.15) is 6.54 Å². The van der Waals surface area contributed by atoms with Crippen LogP contribution in [-0.4, -0.2) is 38.4 Å². The Bertz CT molecular complexity index is 847. The molecule has 1 fully saturated rings. The molecule has 0 radical (unpaired) electrons. The van der Waals surface area contributed by atoms with Gasteiger partial charge in [0.25, 0.3) is 0 Å². The van der Waals surface area contributed by atoms with Crippen LogP contribution in [0.4, 0.5) is 5.69 Å². The standard InChI is InChI=1S/C19H24ClN3O3S/c1-13-19(20)14(2)23(22-13)11-18(24)21-16-5-3-4-15(10-16)12-27(25)17-6-8-26-9-7-17/h3-5,10,17H,6-9,11-12H2,1-2H3,(H,21,24). The molecule has 1 aromatic heterocycles. The first kappa shape index (κ1) is 20.0. The molecule has 146 valence electrons. The van der Waals surface area contributed by atoms with E-state index in [4.69, 9.17) is 16.3 Å². The van der Waals surface area contributed by atoms with E-state index in [-0.39, 0.29) is 17.7 Å². The Labute approximate surface area is 166 Å². The van der Waals surface area contributed by atoms with Crippen LogP contribution in [0.15, 0.2) is 24.3 Å². The predicted molar refractivity (Wildman–Crippen MR) is 107 cm³/mol. The predicted octanol–water partition coefficient (Wildman–Crippen LogP) is 3.22. The molecule has 1 N–H and O–H groups in total. The van der Waals surface area contributed by atoms with Gasteiger partial charge in [0.05, 0.1) is 16.4 Å². The van der Waals surface area contributed by atoms with E-state index in [0.717, 1.165) is 24.1 Å². The molecular weight excluding hydrogens is 386 g/mol. The van der Waals surface area contributed by atoms with E-state index in [0.29, 0.717) is 35.4 Å². The Balaban J connectivity index is 1.60. The number of carbonyl (C=O) groups is 1. The molecule has 0 saturated carbocycles. The lowest BCUT2D eigenvalue weighted by Crippen LogP contribution is -2.25. The molecule has 0 aliphatic carbocycles. The highest BCUT2D eigenvalue weighted by molar-refractivity contribution is 7.84. The minimum atomic E-state index is -0.934. The van der Waals surface area contributed by atoms with Crippen molar-refractivity contribution in [2.45, 2.75) is 44.2 Å². The van der Waals surface area contributed by atoms with Crippen molar-refractivity contribution in [1.29, 1.82) is 0 Å². The van der Waals surface area contributed by atoms with Crippen LogP contribution in [0, 0.1) is 13.8 Å². The molecular formula is C19H24ClN3O3S. The summed E-state index contributed by atoms with van der Waals surface area (Å²) in [5.74, 6) is 0.307. The van der Waals surface area contributed by atoms with Gasteiger partial charge in [-0.1, -0.05) is 23.7 Å². The van der Waals surface area contributed by atoms with Crippen molar-refractivity contribution < 1.29 is 13.7 Å². The summed E-state index contributed by atoms with van der Waals surface area (Å²) in [4.78, 5) is 12.3. The molecule has 1 aliphatic heterocycles. The van der Waals surface area contributed by atoms with Gasteiger partial charge in [0.2, 0.25) is 5.91 Å². The van der Waals surface area contributed by atoms with Crippen LogP contribution in [0.1, 0.15) is 29.8 Å². The van der Waals surface area contributed by atoms with E-state index in [1.165, 1.54) is 0 Å². The molecule has 2 aromatic rings. The number of hydrogen-bond acceptors (Lipinski definition) is 4. The topological polar surface area (TPSA) is 73.2 Å². The summed E-state index contributed by atoms with van der Waals surface area (Å²) in [6, 6.07) is 7.51. The highest BCUT2D eigenvalue weighted by Crippen LogP contribution is 2.20. The minimum absolute atomic E-state index is 0.0949. The van der Waals surface area contributed by atoms with Gasteiger partial charge in [-0.3, -0.25) is 13.7 Å². The van der Waals surface area contributed by atoms with Gasteiger partial charge < -0.3 is 10.1 Å². The molecule has 0 bridgehead atoms. The van der Waals surface area contributed by atoms with Crippen LogP contribution in [-0.2, 0) is 32.6 Å². The van der Waals surface area contributed by atoms with Crippen LogP contribution in [0.2, 0.25) is 5.02 Å². The Hall–Kier alpha value is -1.70. The van der Waals surface area contributed by atoms with Crippen molar-refractivity contribution in [3.05, 3.63) is 46.2 Å². The zero-order valence-corrected chi connectivity index (χ0v) is 17.1. The van der Waals surface area contributed by atoms with Crippen molar-refractivity contribution in [3.8, 4) is 0 Å². The molecule has 27 heavy (non-hydrogen) atoms. The van der Waals surface area contributed by atoms with Gasteiger partial charge in [0.15, 0.2) is 0 Å². The second-order valence-electron chi connectivity index (χ2n) is 6.73. The van der Waals surface area contributed by atoms with Gasteiger partial charge >= 0.3 is 0 Å². The van der Waals surface area contributed by atoms with Gasteiger partial charge in [-0.05, 0) is 44.4 Å². The summed E-state index contributed by atoms with van der Waals surface area (Å²) in [5.41, 5.74) is 3.12. The van der Waals surface area contributed by atoms with Gasteiger partial charge in [-0.2, -0.15) is 5.10 Å². The van der Waals surface area contributed by atoms with Gasteiger partial charge in [-0.15, -0.1) is 0 Å². The molecule has 6 nitrogen and oxygen atoms in total. The Morgan fingerprint density at radius 2 is 2.11 bits per heavy atom. The smallest absolute Gasteiger partial charge is 0.246 e. The first-order valence-corrected chi connectivity index (χ1v) is 10.7. The number of aryl methyl sites for hydroxylation is 1. The number of nitrogens with one attached hydrogen (secondary N) is 1. The molecule has 3 rings (SSSR count). The molecule has 0 spiro atoms. The summed E-state index contributed by atoms with van der Waals surface area (Å²) in [6.45, 7) is 5.11. The molecule has 1 aromatic carbocycles. The number of amides is 1. The summed E-state index contributed by atoms with van der Waals surface area (Å²) >= 11 is 6.12. The lowest BCUT2D eigenvalue weighted by atomic mass is 10.2. The number of nitrogens with zero attached hydrogens (tertiary/aromatic N) is 2. The fourth-order valence-electron chi connectivity index (χ4n) is 3.13. The van der Waals surface area contributed by atoms with Crippen molar-refractivity contribution >= 4 is 34.0 Å². The monoisotopic (exact) mass is 409 g/mol. The normalized spacial score (nSPS) is 16.3. The highest BCUT2D eigenvalue weighted by atomic mass is 35.5. The third kappa shape index (κ3) is 5.18. The molecule has 1 unspecified atom stereocenters. The number of anilines is 1. The van der Waals surface area contributed by atoms with Crippen molar-refractivity contribution in [2.75, 3.05) is 18.5 Å². The summed E-state index contributed by atoms with van der Waals surface area (Å²) in [5, 5.41) is 7.92. The third-order valence-electron chi connectivity index (χ3n) is 4.65. The largest absolute Gasteiger partial charge is 0.381 e. The molecule has 1 amide bonds. The SMILES string of the molecule is Cc1nn(CC(=O)Nc2cccc(CS(=O)C3CCOCC3)c2)c(C)c1Cl. The molecule has 1 atom stereocenters. The van der Waals surface area contributed by atoms with E-state index in [9.17, 15) is 9.00 Å². The number of rotatable bonds is 6. The molecule has 1 saturated heterocycles. The Morgan fingerprint density at radius 3 is 2.78 bits per heavy atom. The van der Waals surface area contributed by atoms with E-state index < -0.39 is 10.8 Å². The maximum Gasteiger partial charge on any atom is 0.246 e. The first-order valence-electron chi connectivity index (χ1n) is 8.97. The lowest BCUT2D eigenvalue weighted by Gasteiger charge is -2.21. The van der Waals surface area contributed by atoms with Crippen LogP contribution in [0.5, 0.6) is 0 Å². The number of benzene rings is 1. The van der Waals surface area contributed by atoms with Crippen molar-refractivity contribution in [2.24, 2.45) is 0 Å². The fourth-order valence-corrected chi connectivity index (χ4v) is 4.72. The van der Waals surface area contributed by atoms with E-state index in [1.807, 2.05) is 38.1 Å². The molecule has 2 heterocycles. The Kier molecular flexibility index (Phi) is 6.68. The number of ether oxygens (including phenoxy) is 1. The summed E-state index contributed by atoms with van der Waals surface area (Å²) in [6.07, 6.45) is 1.68. The quantitative estimate of drug-likeness (QED) is 0.794. The second-order valence-corrected chi connectivity index (χ2v) is 8.82. The van der Waals surface area contributed by atoms with E-state index in [2.05, 4.69) is 10.4 Å². The van der Waals surface area contributed by atoms with Crippen LogP contribution in [0.3, 0.4) is 0 Å². The zero-order valence-electron chi connectivity index (χ0n) is 15.5. The van der Waals surface area contributed by atoms with Crippen molar-refractivity contribution in [3.63, 3.8) is 0 Å². The second kappa shape index (κ2) is 8.99. The summed E-state index contributed by atoms with van der Waals surface area (Å²) in [7, 11) is -0.934. The average molecular weight is 410 g/mol. The average Bonchev–Trinajstić information content (AvgIpc) is 2.89. The minimum Gasteiger partial charge on any atom is -0.381 e. The number of halogens is 1. The molecule has 8 heteroatoms. The lowest BCUT2D eigenvalue weighted by molar-refractivity contribution is -0.116. The summed E-state index contributed by atoms with van der Waals surface area (Å²) < 4.78 is 19.5. The number of aromatic nitrogens is 2. The van der Waals surface area contributed by atoms with Crippen molar-refractivity contribution in [1.82, 2.24) is 9.78 Å². The van der Waals surface area contributed by atoms with Crippen LogP contribution < -0.4 is 5.32 Å². The Morgan fingerprint density at radius 1 is 1.37 bits per heavy atom. The first-order chi connectivity index (χ1) is 12.9. The van der Waals surface area contributed by atoms with Gasteiger partial charge in [0, 0.05) is 40.7 Å². The third-order valence-corrected chi connectivity index (χ3v) is 7.03.